The molecule has 1 N–H and O–H groups in total. The van der Waals surface area contributed by atoms with Gasteiger partial charge in [0.15, 0.2) is 0 Å². The highest BCUT2D eigenvalue weighted by molar-refractivity contribution is 5.97. The first-order valence-corrected chi connectivity index (χ1v) is 6.19. The minimum atomic E-state index is -1.29. The van der Waals surface area contributed by atoms with Gasteiger partial charge in [-0.05, 0) is 48.5 Å². The number of aliphatic carboxylic acids is 1. The third-order valence-electron chi connectivity index (χ3n) is 3.39. The number of carboxylic acid groups (broad SMARTS) is 1. The standard InChI is InChI=1S/C13H15N5O3/c1-13(2,12(20)21)17(3)11(19)9-4-6-10(7-5-9)18-8-14-15-16-18/h4-8H,1-3H3,(H,20,21). The van der Waals surface area contributed by atoms with Gasteiger partial charge in [-0.1, -0.05) is 0 Å². The first kappa shape index (κ1) is 14.6. The van der Waals surface area contributed by atoms with Gasteiger partial charge in [-0.15, -0.1) is 5.10 Å². The molecular weight excluding hydrogens is 274 g/mol. The second kappa shape index (κ2) is 5.31. The van der Waals surface area contributed by atoms with Gasteiger partial charge in [0.05, 0.1) is 5.69 Å². The van der Waals surface area contributed by atoms with Gasteiger partial charge in [-0.2, -0.15) is 0 Å². The van der Waals surface area contributed by atoms with Crippen LogP contribution in [-0.2, 0) is 4.79 Å². The van der Waals surface area contributed by atoms with Crippen molar-refractivity contribution in [2.45, 2.75) is 19.4 Å². The van der Waals surface area contributed by atoms with Gasteiger partial charge in [-0.25, -0.2) is 9.48 Å². The van der Waals surface area contributed by atoms with E-state index in [4.69, 9.17) is 5.11 Å². The van der Waals surface area contributed by atoms with E-state index >= 15 is 0 Å². The number of benzene rings is 1. The number of nitrogens with zero attached hydrogens (tertiary/aromatic N) is 5. The summed E-state index contributed by atoms with van der Waals surface area (Å²) < 4.78 is 1.46. The zero-order valence-electron chi connectivity index (χ0n) is 11.9. The second-order valence-corrected chi connectivity index (χ2v) is 5.03. The van der Waals surface area contributed by atoms with Crippen LogP contribution in [0.3, 0.4) is 0 Å². The Morgan fingerprint density at radius 2 is 1.86 bits per heavy atom. The number of rotatable bonds is 4. The first-order valence-electron chi connectivity index (χ1n) is 6.19. The second-order valence-electron chi connectivity index (χ2n) is 5.03. The molecule has 0 atom stereocenters. The van der Waals surface area contributed by atoms with Crippen molar-refractivity contribution in [2.75, 3.05) is 7.05 Å². The SMILES string of the molecule is CN(C(=O)c1ccc(-n2cnnn2)cc1)C(C)(C)C(=O)O. The molecule has 110 valence electrons. The van der Waals surface area contributed by atoms with Crippen molar-refractivity contribution in [3.8, 4) is 5.69 Å². The number of tetrazole rings is 1. The fraction of sp³-hybridized carbons (Fsp3) is 0.308. The fourth-order valence-electron chi connectivity index (χ4n) is 1.63. The number of carbonyl (C=O) groups excluding carboxylic acids is 1. The summed E-state index contributed by atoms with van der Waals surface area (Å²) in [7, 11) is 1.46. The van der Waals surface area contributed by atoms with Gasteiger partial charge in [0, 0.05) is 12.6 Å². The van der Waals surface area contributed by atoms with Gasteiger partial charge in [0.1, 0.15) is 11.9 Å². The molecule has 0 unspecified atom stereocenters. The Morgan fingerprint density at radius 1 is 1.24 bits per heavy atom. The van der Waals surface area contributed by atoms with E-state index in [-0.39, 0.29) is 5.91 Å². The van der Waals surface area contributed by atoms with Crippen LogP contribution in [0.1, 0.15) is 24.2 Å². The Labute approximate surface area is 121 Å². The largest absolute Gasteiger partial charge is 0.480 e. The molecule has 2 aromatic rings. The molecule has 1 heterocycles. The fourth-order valence-corrected chi connectivity index (χ4v) is 1.63. The number of amides is 1. The summed E-state index contributed by atoms with van der Waals surface area (Å²) >= 11 is 0. The summed E-state index contributed by atoms with van der Waals surface area (Å²) in [5.74, 6) is -1.44. The Balaban J connectivity index is 2.23. The lowest BCUT2D eigenvalue weighted by atomic mass is 10.0. The Bertz CT molecular complexity index is 649. The van der Waals surface area contributed by atoms with Crippen LogP contribution in [0.2, 0.25) is 0 Å². The van der Waals surface area contributed by atoms with Crippen molar-refractivity contribution >= 4 is 11.9 Å². The third-order valence-corrected chi connectivity index (χ3v) is 3.39. The summed E-state index contributed by atoms with van der Waals surface area (Å²) in [6.45, 7) is 2.95. The van der Waals surface area contributed by atoms with E-state index in [1.54, 1.807) is 24.3 Å². The Kier molecular flexibility index (Phi) is 3.70. The smallest absolute Gasteiger partial charge is 0.329 e. The highest BCUT2D eigenvalue weighted by Gasteiger charge is 2.35. The lowest BCUT2D eigenvalue weighted by Crippen LogP contribution is -2.50. The zero-order valence-corrected chi connectivity index (χ0v) is 11.9. The highest BCUT2D eigenvalue weighted by Crippen LogP contribution is 2.17. The van der Waals surface area contributed by atoms with Crippen LogP contribution in [0.5, 0.6) is 0 Å². The normalized spacial score (nSPS) is 11.2. The van der Waals surface area contributed by atoms with E-state index in [2.05, 4.69) is 15.5 Å². The van der Waals surface area contributed by atoms with Crippen molar-refractivity contribution in [3.63, 3.8) is 0 Å². The molecule has 1 aromatic heterocycles. The van der Waals surface area contributed by atoms with E-state index in [1.165, 1.54) is 36.8 Å². The number of likely N-dealkylation sites (N-methyl/N-ethyl adjacent to an activating group) is 1. The molecule has 8 heteroatoms. The van der Waals surface area contributed by atoms with E-state index in [9.17, 15) is 9.59 Å². The van der Waals surface area contributed by atoms with Crippen LogP contribution in [0.15, 0.2) is 30.6 Å². The molecule has 0 spiro atoms. The van der Waals surface area contributed by atoms with Crippen molar-refractivity contribution in [1.82, 2.24) is 25.1 Å². The van der Waals surface area contributed by atoms with Gasteiger partial charge < -0.3 is 10.0 Å². The minimum Gasteiger partial charge on any atom is -0.480 e. The van der Waals surface area contributed by atoms with Crippen LogP contribution in [0.4, 0.5) is 0 Å². The van der Waals surface area contributed by atoms with Crippen LogP contribution in [0.25, 0.3) is 5.69 Å². The molecule has 2 rings (SSSR count). The molecule has 0 bridgehead atoms. The maximum Gasteiger partial charge on any atom is 0.329 e. The van der Waals surface area contributed by atoms with E-state index in [0.717, 1.165) is 0 Å². The molecule has 0 aliphatic rings. The van der Waals surface area contributed by atoms with Gasteiger partial charge in [-0.3, -0.25) is 4.79 Å². The Morgan fingerprint density at radius 3 is 2.33 bits per heavy atom. The molecular formula is C13H15N5O3. The highest BCUT2D eigenvalue weighted by atomic mass is 16.4. The first-order chi connectivity index (χ1) is 9.84. The average Bonchev–Trinajstić information content (AvgIpc) is 3.00. The number of carbonyl (C=O) groups is 2. The quantitative estimate of drug-likeness (QED) is 0.884. The number of hydrogen-bond acceptors (Lipinski definition) is 5. The molecule has 1 amide bonds. The van der Waals surface area contributed by atoms with Crippen molar-refractivity contribution in [1.29, 1.82) is 0 Å². The molecule has 1 aromatic carbocycles. The number of carboxylic acids is 1. The molecule has 0 saturated carbocycles. The lowest BCUT2D eigenvalue weighted by Gasteiger charge is -2.31. The topological polar surface area (TPSA) is 101 Å². The van der Waals surface area contributed by atoms with Crippen LogP contribution >= 0.6 is 0 Å². The van der Waals surface area contributed by atoms with E-state index in [0.29, 0.717) is 11.3 Å². The van der Waals surface area contributed by atoms with Crippen molar-refractivity contribution in [2.24, 2.45) is 0 Å². The van der Waals surface area contributed by atoms with E-state index in [1.807, 2.05) is 0 Å². The molecule has 0 saturated heterocycles. The molecule has 0 aliphatic carbocycles. The molecule has 21 heavy (non-hydrogen) atoms. The molecule has 0 fully saturated rings. The number of hydrogen-bond donors (Lipinski definition) is 1. The van der Waals surface area contributed by atoms with Gasteiger partial charge in [0.25, 0.3) is 5.91 Å². The maximum absolute atomic E-state index is 12.3. The summed E-state index contributed by atoms with van der Waals surface area (Å²) in [5.41, 5.74) is -0.189. The monoisotopic (exact) mass is 289 g/mol. The van der Waals surface area contributed by atoms with Crippen molar-refractivity contribution in [3.05, 3.63) is 36.2 Å². The van der Waals surface area contributed by atoms with Crippen LogP contribution < -0.4 is 0 Å². The summed E-state index contributed by atoms with van der Waals surface area (Å²) in [6, 6.07) is 6.58. The maximum atomic E-state index is 12.3. The van der Waals surface area contributed by atoms with Gasteiger partial charge >= 0.3 is 5.97 Å². The number of aromatic nitrogens is 4. The minimum absolute atomic E-state index is 0.370. The van der Waals surface area contributed by atoms with Crippen LogP contribution in [0, 0.1) is 0 Å². The molecule has 0 aliphatic heterocycles. The van der Waals surface area contributed by atoms with Crippen molar-refractivity contribution < 1.29 is 14.7 Å². The Hall–Kier alpha value is -2.77. The van der Waals surface area contributed by atoms with Crippen LogP contribution in [-0.4, -0.2) is 54.7 Å². The summed E-state index contributed by atoms with van der Waals surface area (Å²) in [5, 5.41) is 20.0. The molecule has 0 radical (unpaired) electrons. The molecule has 8 nitrogen and oxygen atoms in total. The average molecular weight is 289 g/mol. The van der Waals surface area contributed by atoms with E-state index < -0.39 is 11.5 Å². The predicted octanol–water partition coefficient (Wildman–Crippen LogP) is 0.597. The van der Waals surface area contributed by atoms with Gasteiger partial charge in [0.2, 0.25) is 0 Å². The summed E-state index contributed by atoms with van der Waals surface area (Å²) in [4.78, 5) is 24.7. The third kappa shape index (κ3) is 2.73. The summed E-state index contributed by atoms with van der Waals surface area (Å²) in [6.07, 6.45) is 1.44. The predicted molar refractivity (Wildman–Crippen MR) is 73.0 cm³/mol. The zero-order chi connectivity index (χ0) is 15.6. The lowest BCUT2D eigenvalue weighted by molar-refractivity contribution is -0.147.